The number of pyridine rings is 1. The minimum atomic E-state index is -0.674. The van der Waals surface area contributed by atoms with E-state index in [0.29, 0.717) is 58.9 Å². The Kier molecular flexibility index (Phi) is 13.9. The maximum atomic E-state index is 13.1. The molecule has 0 saturated carbocycles. The van der Waals surface area contributed by atoms with Crippen molar-refractivity contribution in [1.82, 2.24) is 35.0 Å². The predicted molar refractivity (Wildman–Crippen MR) is 256 cm³/mol. The number of carbonyl (C=O) groups excluding carboxylic acids is 4. The lowest BCUT2D eigenvalue weighted by molar-refractivity contribution is -0.137. The number of aromatic nitrogens is 3. The lowest BCUT2D eigenvalue weighted by atomic mass is 9.89. The molecule has 68 heavy (non-hydrogen) atoms. The first kappa shape index (κ1) is 46.5. The summed E-state index contributed by atoms with van der Waals surface area (Å²) in [6.07, 6.45) is 6.07. The summed E-state index contributed by atoms with van der Waals surface area (Å²) in [4.78, 5) is 77.2. The van der Waals surface area contributed by atoms with Crippen molar-refractivity contribution in [2.24, 2.45) is 13.0 Å². The van der Waals surface area contributed by atoms with Gasteiger partial charge in [-0.2, -0.15) is 4.98 Å². The summed E-state index contributed by atoms with van der Waals surface area (Å²) in [6, 6.07) is 20.4. The first-order chi connectivity index (χ1) is 32.9. The van der Waals surface area contributed by atoms with Crippen molar-refractivity contribution in [1.29, 1.82) is 0 Å². The summed E-state index contributed by atoms with van der Waals surface area (Å²) < 4.78 is 13.3. The van der Waals surface area contributed by atoms with Gasteiger partial charge in [-0.1, -0.05) is 35.9 Å². The molecule has 3 fully saturated rings. The van der Waals surface area contributed by atoms with Gasteiger partial charge in [-0.15, -0.1) is 0 Å². The number of carbonyl (C=O) groups is 4. The third-order valence-corrected chi connectivity index (χ3v) is 14.0. The van der Waals surface area contributed by atoms with Crippen LogP contribution >= 0.6 is 11.6 Å². The minimum absolute atomic E-state index is 0.0728. The normalized spacial score (nSPS) is 19.4. The zero-order valence-corrected chi connectivity index (χ0v) is 39.0. The Morgan fingerprint density at radius 2 is 1.78 bits per heavy atom. The molecule has 4 amide bonds. The highest BCUT2D eigenvalue weighted by atomic mass is 35.5. The number of rotatable bonds is 15. The number of nitrogens with one attached hydrogen (secondary N) is 3. The Balaban J connectivity index is 0.728. The van der Waals surface area contributed by atoms with Gasteiger partial charge in [0.25, 0.3) is 17.4 Å². The van der Waals surface area contributed by atoms with Gasteiger partial charge in [0.1, 0.15) is 16.8 Å². The molecule has 0 spiro atoms. The molecule has 5 aromatic rings. The van der Waals surface area contributed by atoms with Gasteiger partial charge in [-0.25, -0.2) is 4.98 Å². The number of likely N-dealkylation sites (tertiary alicyclic amines) is 1. The van der Waals surface area contributed by atoms with Gasteiger partial charge in [0, 0.05) is 69.3 Å². The number of nitrogens with zero attached hydrogens (tertiary/aromatic N) is 6. The number of aryl methyl sites for hydroxylation is 1. The molecule has 17 nitrogen and oxygen atoms in total. The number of halogens is 1. The highest BCUT2D eigenvalue weighted by molar-refractivity contribution is 6.33. The Labute approximate surface area is 398 Å². The van der Waals surface area contributed by atoms with Crippen molar-refractivity contribution in [3.63, 3.8) is 0 Å². The first-order valence-electron chi connectivity index (χ1n) is 23.3. The van der Waals surface area contributed by atoms with E-state index in [1.165, 1.54) is 22.1 Å². The number of piperidine rings is 3. The second-order valence-corrected chi connectivity index (χ2v) is 18.6. The van der Waals surface area contributed by atoms with E-state index in [2.05, 4.69) is 55.0 Å². The van der Waals surface area contributed by atoms with Gasteiger partial charge < -0.3 is 44.5 Å². The number of hydrogen-bond acceptors (Lipinski definition) is 13. The van der Waals surface area contributed by atoms with Crippen LogP contribution in [0.4, 0.5) is 17.5 Å². The maximum absolute atomic E-state index is 13.1. The van der Waals surface area contributed by atoms with Crippen molar-refractivity contribution >= 4 is 63.6 Å². The molecule has 4 aliphatic rings. The fraction of sp³-hybridized carbons (Fsp3) is 0.420. The molecule has 0 aliphatic carbocycles. The van der Waals surface area contributed by atoms with E-state index in [-0.39, 0.29) is 54.5 Å². The number of fused-ring (bicyclic) bond motifs is 2. The van der Waals surface area contributed by atoms with Crippen LogP contribution in [-0.4, -0.2) is 112 Å². The second-order valence-electron chi connectivity index (χ2n) is 18.2. The van der Waals surface area contributed by atoms with Crippen LogP contribution in [0.15, 0.2) is 77.7 Å². The van der Waals surface area contributed by atoms with E-state index in [1.807, 2.05) is 24.3 Å². The molecule has 4 N–H and O–H groups in total. The van der Waals surface area contributed by atoms with Crippen molar-refractivity contribution < 1.29 is 33.8 Å². The Hall–Kier alpha value is -6.56. The van der Waals surface area contributed by atoms with E-state index >= 15 is 0 Å². The Morgan fingerprint density at radius 3 is 2.56 bits per heavy atom. The molecule has 6 heterocycles. The van der Waals surface area contributed by atoms with Gasteiger partial charge in [0.05, 0.1) is 24.4 Å². The number of amides is 4. The van der Waals surface area contributed by atoms with Crippen LogP contribution in [0.3, 0.4) is 0 Å². The molecular weight excluding hydrogens is 890 g/mol. The molecule has 2 aromatic heterocycles. The highest BCUT2D eigenvalue weighted by Crippen LogP contribution is 2.34. The van der Waals surface area contributed by atoms with Crippen LogP contribution in [0.2, 0.25) is 5.02 Å². The van der Waals surface area contributed by atoms with Gasteiger partial charge >= 0.3 is 0 Å². The SMILES string of the molecule is CNC(=O)COc1cc2cc(Nc3nc(N4CCCC(COc5ccc(C6CCN(CCC(O)c7ccc8c(c7)CN(C7CCC(=O)NC7=O)C8=O)CC6)cc5)C4)ncc3Cl)ccc2n(C)c1=O. The molecule has 3 saturated heterocycles. The third kappa shape index (κ3) is 10.3. The number of likely N-dealkylation sites (N-methyl/N-ethyl adjacent to an activating group) is 1. The average Bonchev–Trinajstić information content (AvgIpc) is 3.68. The van der Waals surface area contributed by atoms with Crippen molar-refractivity contribution in [3.05, 3.63) is 111 Å². The molecule has 3 atom stereocenters. The smallest absolute Gasteiger partial charge is 0.293 e. The zero-order chi connectivity index (χ0) is 47.5. The van der Waals surface area contributed by atoms with Crippen LogP contribution < -0.4 is 35.9 Å². The summed E-state index contributed by atoms with van der Waals surface area (Å²) in [5.74, 6) is 1.36. The summed E-state index contributed by atoms with van der Waals surface area (Å²) >= 11 is 6.59. The Bertz CT molecular complexity index is 2780. The highest BCUT2D eigenvalue weighted by Gasteiger charge is 2.39. The van der Waals surface area contributed by atoms with Crippen LogP contribution in [0, 0.1) is 5.92 Å². The van der Waals surface area contributed by atoms with Crippen molar-refractivity contribution in [3.8, 4) is 11.5 Å². The lowest BCUT2D eigenvalue weighted by Crippen LogP contribution is -2.52. The van der Waals surface area contributed by atoms with E-state index in [4.69, 9.17) is 26.1 Å². The monoisotopic (exact) mass is 945 g/mol. The lowest BCUT2D eigenvalue weighted by Gasteiger charge is -2.33. The topological polar surface area (TPSA) is 201 Å². The van der Waals surface area contributed by atoms with Crippen molar-refractivity contribution in [2.75, 3.05) is 63.2 Å². The van der Waals surface area contributed by atoms with E-state index in [1.54, 1.807) is 31.4 Å². The summed E-state index contributed by atoms with van der Waals surface area (Å²) in [5.41, 5.74) is 4.46. The average molecular weight is 947 g/mol. The van der Waals surface area contributed by atoms with Crippen molar-refractivity contribution in [2.45, 2.75) is 69.6 Å². The fourth-order valence-corrected chi connectivity index (χ4v) is 9.92. The molecule has 3 unspecified atom stereocenters. The second kappa shape index (κ2) is 20.3. The first-order valence-corrected chi connectivity index (χ1v) is 23.7. The minimum Gasteiger partial charge on any atom is -0.493 e. The molecule has 3 aromatic carbocycles. The number of anilines is 3. The summed E-state index contributed by atoms with van der Waals surface area (Å²) in [5, 5.41) is 20.4. The van der Waals surface area contributed by atoms with Crippen LogP contribution in [-0.2, 0) is 28.0 Å². The fourth-order valence-electron chi connectivity index (χ4n) is 9.78. The molecule has 4 aliphatic heterocycles. The molecule has 0 radical (unpaired) electrons. The van der Waals surface area contributed by atoms with Gasteiger partial charge in [0.2, 0.25) is 17.8 Å². The zero-order valence-electron chi connectivity index (χ0n) is 38.2. The van der Waals surface area contributed by atoms with Gasteiger partial charge in [0.15, 0.2) is 18.2 Å². The molecule has 356 valence electrons. The summed E-state index contributed by atoms with van der Waals surface area (Å²) in [6.45, 7) is 4.76. The van der Waals surface area contributed by atoms with E-state index < -0.39 is 18.1 Å². The van der Waals surface area contributed by atoms with Crippen LogP contribution in [0.5, 0.6) is 11.5 Å². The number of ether oxygens (including phenoxy) is 2. The van der Waals surface area contributed by atoms with E-state index in [0.717, 1.165) is 80.7 Å². The van der Waals surface area contributed by atoms with E-state index in [9.17, 15) is 29.1 Å². The quantitative estimate of drug-likeness (QED) is 0.0999. The standard InChI is InChI=1S/C50H56ClN9O8/c1-52-45(63)29-68-43-24-34-23-36(8-12-40(34)57(2)49(43)66)54-46-39(51)25-53-50(56-46)59-18-3-4-30(26-59)28-67-37-9-5-31(6-10-37)32-15-19-58(20-16-32)21-17-42(61)33-7-11-38-35(22-33)27-60(48(38)65)41-13-14-44(62)55-47(41)64/h5-12,22-25,30,32,41-42,61H,3-4,13-21,26-29H2,1-2H3,(H,52,63)(H,53,54,56)(H,55,62,64). The van der Waals surface area contributed by atoms with Crippen LogP contribution in [0.25, 0.3) is 10.9 Å². The number of aliphatic hydroxyl groups is 1. The Morgan fingerprint density at radius 1 is 0.971 bits per heavy atom. The third-order valence-electron chi connectivity index (χ3n) is 13.7. The molecular formula is C50H56ClN9O8. The van der Waals surface area contributed by atoms with Gasteiger partial charge in [-0.3, -0.25) is 29.3 Å². The van der Waals surface area contributed by atoms with Crippen LogP contribution in [0.1, 0.15) is 84.0 Å². The molecule has 18 heteroatoms. The summed E-state index contributed by atoms with van der Waals surface area (Å²) in [7, 11) is 3.16. The number of aliphatic hydroxyl groups excluding tert-OH is 1. The molecule has 9 rings (SSSR count). The number of imide groups is 1. The number of hydrogen-bond donors (Lipinski definition) is 4. The maximum Gasteiger partial charge on any atom is 0.293 e. The number of benzene rings is 3. The predicted octanol–water partition coefficient (Wildman–Crippen LogP) is 5.21. The molecule has 0 bridgehead atoms. The largest absolute Gasteiger partial charge is 0.493 e. The van der Waals surface area contributed by atoms with Gasteiger partial charge in [-0.05, 0) is 117 Å².